The van der Waals surface area contributed by atoms with Crippen molar-refractivity contribution in [3.8, 4) is 10.8 Å². The predicted molar refractivity (Wildman–Crippen MR) is 95.6 cm³/mol. The summed E-state index contributed by atoms with van der Waals surface area (Å²) in [6.45, 7) is 3.08. The van der Waals surface area contributed by atoms with Crippen LogP contribution in [0.15, 0.2) is 24.7 Å². The van der Waals surface area contributed by atoms with Gasteiger partial charge in [0.05, 0.1) is 6.20 Å². The summed E-state index contributed by atoms with van der Waals surface area (Å²) in [5.41, 5.74) is 0. The number of hydrogen-bond acceptors (Lipinski definition) is 6. The molecule has 0 aliphatic carbocycles. The van der Waals surface area contributed by atoms with Gasteiger partial charge in [0.2, 0.25) is 0 Å². The minimum absolute atomic E-state index is 0. The maximum Gasteiger partial charge on any atom is 0.263 e. The van der Waals surface area contributed by atoms with Gasteiger partial charge in [0.25, 0.3) is 5.91 Å². The number of thiazole rings is 1. The van der Waals surface area contributed by atoms with Gasteiger partial charge in [-0.2, -0.15) is 0 Å². The first-order valence-electron chi connectivity index (χ1n) is 7.00. The first kappa shape index (κ1) is 19.8. The lowest BCUT2D eigenvalue weighted by molar-refractivity contribution is 0.0929. The van der Waals surface area contributed by atoms with Gasteiger partial charge < -0.3 is 10.6 Å². The minimum atomic E-state index is -0.0613. The van der Waals surface area contributed by atoms with Crippen LogP contribution in [0.2, 0.25) is 0 Å². The molecule has 6 nitrogen and oxygen atoms in total. The Morgan fingerprint density at radius 1 is 1.30 bits per heavy atom. The average molecular weight is 376 g/mol. The molecule has 0 bridgehead atoms. The number of piperidine rings is 1. The maximum atomic E-state index is 12.3. The van der Waals surface area contributed by atoms with E-state index in [4.69, 9.17) is 0 Å². The highest BCUT2D eigenvalue weighted by atomic mass is 35.5. The number of aromatic nitrogens is 3. The summed E-state index contributed by atoms with van der Waals surface area (Å²) in [6, 6.07) is 2.43. The Bertz CT molecular complexity index is 625. The molecule has 2 unspecified atom stereocenters. The Balaban J connectivity index is 0.00000132. The predicted octanol–water partition coefficient (Wildman–Crippen LogP) is 2.31. The zero-order valence-electron chi connectivity index (χ0n) is 12.6. The molecule has 0 spiro atoms. The summed E-state index contributed by atoms with van der Waals surface area (Å²) in [4.78, 5) is 25.4. The lowest BCUT2D eigenvalue weighted by atomic mass is 10.0. The van der Waals surface area contributed by atoms with Crippen molar-refractivity contribution in [2.45, 2.75) is 31.8 Å². The van der Waals surface area contributed by atoms with Gasteiger partial charge in [-0.1, -0.05) is 0 Å². The highest BCUT2D eigenvalue weighted by Gasteiger charge is 2.21. The van der Waals surface area contributed by atoms with E-state index in [-0.39, 0.29) is 36.8 Å². The van der Waals surface area contributed by atoms with Gasteiger partial charge in [-0.3, -0.25) is 4.79 Å². The van der Waals surface area contributed by atoms with E-state index in [9.17, 15) is 4.79 Å². The van der Waals surface area contributed by atoms with Crippen LogP contribution in [-0.4, -0.2) is 39.5 Å². The first-order chi connectivity index (χ1) is 10.2. The molecule has 3 rings (SSSR count). The topological polar surface area (TPSA) is 79.8 Å². The summed E-state index contributed by atoms with van der Waals surface area (Å²) in [5, 5.41) is 7.12. The molecule has 0 saturated carbocycles. The van der Waals surface area contributed by atoms with E-state index in [0.717, 1.165) is 19.4 Å². The molecule has 1 fully saturated rings. The number of rotatable bonds is 3. The molecule has 126 valence electrons. The summed E-state index contributed by atoms with van der Waals surface area (Å²) in [5.74, 6) is 0.491. The standard InChI is InChI=1S/C14H17N5OS.2ClH/c1-9-7-10(3-6-15-9)19-13(20)11-8-18-14(21-11)12-16-4-2-5-17-12;;/h2,4-5,8-10,15H,3,6-7H2,1H3,(H,19,20);2*1H. The fourth-order valence-corrected chi connectivity index (χ4v) is 3.18. The van der Waals surface area contributed by atoms with E-state index >= 15 is 0 Å². The van der Waals surface area contributed by atoms with Gasteiger partial charge in [-0.15, -0.1) is 36.2 Å². The van der Waals surface area contributed by atoms with Crippen LogP contribution in [0.1, 0.15) is 29.4 Å². The molecule has 2 aromatic heterocycles. The molecule has 1 amide bonds. The van der Waals surface area contributed by atoms with Crippen molar-refractivity contribution in [2.24, 2.45) is 0 Å². The molecule has 3 heterocycles. The third kappa shape index (κ3) is 5.10. The van der Waals surface area contributed by atoms with E-state index < -0.39 is 0 Å². The summed E-state index contributed by atoms with van der Waals surface area (Å²) in [7, 11) is 0. The number of carbonyl (C=O) groups excluding carboxylic acids is 1. The van der Waals surface area contributed by atoms with Crippen molar-refractivity contribution in [1.82, 2.24) is 25.6 Å². The highest BCUT2D eigenvalue weighted by Crippen LogP contribution is 2.21. The van der Waals surface area contributed by atoms with Crippen LogP contribution in [0.5, 0.6) is 0 Å². The SMILES string of the molecule is CC1CC(NC(=O)c2cnc(-c3ncccn3)s2)CCN1.Cl.Cl. The fourth-order valence-electron chi connectivity index (χ4n) is 2.41. The van der Waals surface area contributed by atoms with Crippen molar-refractivity contribution in [3.05, 3.63) is 29.5 Å². The van der Waals surface area contributed by atoms with Crippen molar-refractivity contribution < 1.29 is 4.79 Å². The minimum Gasteiger partial charge on any atom is -0.348 e. The van der Waals surface area contributed by atoms with Crippen LogP contribution in [0.4, 0.5) is 0 Å². The normalized spacial score (nSPS) is 20.0. The van der Waals surface area contributed by atoms with Crippen molar-refractivity contribution in [1.29, 1.82) is 0 Å². The second-order valence-corrected chi connectivity index (χ2v) is 6.18. The Labute approximate surface area is 151 Å². The zero-order chi connectivity index (χ0) is 14.7. The van der Waals surface area contributed by atoms with E-state index in [1.165, 1.54) is 11.3 Å². The van der Waals surface area contributed by atoms with Crippen LogP contribution in [0.3, 0.4) is 0 Å². The first-order valence-corrected chi connectivity index (χ1v) is 7.81. The number of amides is 1. The van der Waals surface area contributed by atoms with Crippen LogP contribution >= 0.6 is 36.2 Å². The molecule has 0 aromatic carbocycles. The Morgan fingerprint density at radius 3 is 2.74 bits per heavy atom. The van der Waals surface area contributed by atoms with Gasteiger partial charge in [-0.05, 0) is 32.4 Å². The summed E-state index contributed by atoms with van der Waals surface area (Å²) in [6.07, 6.45) is 6.85. The van der Waals surface area contributed by atoms with Gasteiger partial charge in [-0.25, -0.2) is 15.0 Å². The molecular weight excluding hydrogens is 357 g/mol. The molecule has 1 aliphatic rings. The molecule has 0 radical (unpaired) electrons. The van der Waals surface area contributed by atoms with E-state index in [0.29, 0.717) is 21.8 Å². The monoisotopic (exact) mass is 375 g/mol. The highest BCUT2D eigenvalue weighted by molar-refractivity contribution is 7.16. The zero-order valence-corrected chi connectivity index (χ0v) is 15.0. The summed E-state index contributed by atoms with van der Waals surface area (Å²) < 4.78 is 0. The largest absolute Gasteiger partial charge is 0.348 e. The Kier molecular flexibility index (Phi) is 7.84. The molecule has 1 aliphatic heterocycles. The lowest BCUT2D eigenvalue weighted by Gasteiger charge is -2.28. The molecule has 2 N–H and O–H groups in total. The number of halogens is 2. The van der Waals surface area contributed by atoms with E-state index in [1.807, 2.05) is 0 Å². The number of nitrogens with one attached hydrogen (secondary N) is 2. The van der Waals surface area contributed by atoms with Crippen molar-refractivity contribution in [3.63, 3.8) is 0 Å². The van der Waals surface area contributed by atoms with Gasteiger partial charge in [0, 0.05) is 24.5 Å². The molecular formula is C14H19Cl2N5OS. The molecule has 9 heteroatoms. The number of hydrogen-bond donors (Lipinski definition) is 2. The van der Waals surface area contributed by atoms with Gasteiger partial charge in [0.15, 0.2) is 10.8 Å². The van der Waals surface area contributed by atoms with Crippen LogP contribution in [-0.2, 0) is 0 Å². The molecule has 2 aromatic rings. The van der Waals surface area contributed by atoms with Crippen LogP contribution in [0.25, 0.3) is 10.8 Å². The molecule has 2 atom stereocenters. The third-order valence-corrected chi connectivity index (χ3v) is 4.44. The Morgan fingerprint density at radius 2 is 2.04 bits per heavy atom. The van der Waals surface area contributed by atoms with E-state index in [2.05, 4.69) is 32.5 Å². The van der Waals surface area contributed by atoms with E-state index in [1.54, 1.807) is 24.7 Å². The second kappa shape index (κ2) is 9.12. The number of nitrogens with zero attached hydrogens (tertiary/aromatic N) is 3. The third-order valence-electron chi connectivity index (χ3n) is 3.45. The van der Waals surface area contributed by atoms with Crippen LogP contribution in [0, 0.1) is 0 Å². The quantitative estimate of drug-likeness (QED) is 0.860. The lowest BCUT2D eigenvalue weighted by Crippen LogP contribution is -2.46. The summed E-state index contributed by atoms with van der Waals surface area (Å²) >= 11 is 1.32. The second-order valence-electron chi connectivity index (χ2n) is 5.15. The Hall–Kier alpha value is -1.28. The maximum absolute atomic E-state index is 12.3. The van der Waals surface area contributed by atoms with Gasteiger partial charge in [0.1, 0.15) is 4.88 Å². The van der Waals surface area contributed by atoms with Gasteiger partial charge >= 0.3 is 0 Å². The number of carbonyl (C=O) groups is 1. The van der Waals surface area contributed by atoms with Crippen LogP contribution < -0.4 is 10.6 Å². The smallest absolute Gasteiger partial charge is 0.263 e. The van der Waals surface area contributed by atoms with Crippen molar-refractivity contribution in [2.75, 3.05) is 6.54 Å². The molecule has 1 saturated heterocycles. The molecule has 23 heavy (non-hydrogen) atoms. The average Bonchev–Trinajstić information content (AvgIpc) is 2.98. The fraction of sp³-hybridized carbons (Fsp3) is 0.429. The van der Waals surface area contributed by atoms with Crippen molar-refractivity contribution >= 4 is 42.1 Å².